The molecule has 1 fully saturated rings. The van der Waals surface area contributed by atoms with Crippen molar-refractivity contribution in [1.29, 1.82) is 0 Å². The van der Waals surface area contributed by atoms with Crippen molar-refractivity contribution in [1.82, 2.24) is 4.31 Å². The molecule has 0 saturated carbocycles. The van der Waals surface area contributed by atoms with Crippen LogP contribution < -0.4 is 0 Å². The van der Waals surface area contributed by atoms with E-state index in [4.69, 9.17) is 11.6 Å². The molecule has 1 unspecified atom stereocenters. The van der Waals surface area contributed by atoms with E-state index >= 15 is 0 Å². The Morgan fingerprint density at radius 2 is 2.12 bits per heavy atom. The number of halogens is 1. The number of piperidine rings is 1. The van der Waals surface area contributed by atoms with Gasteiger partial charge in [0.25, 0.3) is 0 Å². The normalized spacial score (nSPS) is 23.9. The molecule has 0 spiro atoms. The molecule has 0 aromatic rings. The molecule has 1 rings (SSSR count). The Bertz CT molecular complexity index is 303. The van der Waals surface area contributed by atoms with Crippen molar-refractivity contribution in [3.05, 3.63) is 0 Å². The van der Waals surface area contributed by atoms with Crippen LogP contribution in [0.15, 0.2) is 0 Å². The molecule has 96 valence electrons. The van der Waals surface area contributed by atoms with Crippen LogP contribution in [-0.4, -0.2) is 37.4 Å². The zero-order valence-electron chi connectivity index (χ0n) is 10.2. The topological polar surface area (TPSA) is 37.4 Å². The predicted octanol–water partition coefficient (Wildman–Crippen LogP) is 2.31. The Hall–Kier alpha value is 0.200. The van der Waals surface area contributed by atoms with E-state index in [-0.39, 0.29) is 5.75 Å². The van der Waals surface area contributed by atoms with E-state index in [1.54, 1.807) is 4.31 Å². The number of nitrogens with zero attached hydrogens (tertiary/aromatic N) is 1. The van der Waals surface area contributed by atoms with Crippen molar-refractivity contribution >= 4 is 21.6 Å². The third-order valence-electron chi connectivity index (χ3n) is 3.05. The molecule has 3 nitrogen and oxygen atoms in total. The molecular weight excluding hydrogens is 246 g/mol. The minimum atomic E-state index is -3.05. The Morgan fingerprint density at radius 1 is 1.44 bits per heavy atom. The molecule has 0 aromatic carbocycles. The van der Waals surface area contributed by atoms with E-state index in [1.165, 1.54) is 0 Å². The monoisotopic (exact) mass is 267 g/mol. The first-order valence-electron chi connectivity index (χ1n) is 5.99. The second-order valence-electron chi connectivity index (χ2n) is 5.02. The quantitative estimate of drug-likeness (QED) is 0.717. The fourth-order valence-corrected chi connectivity index (χ4v) is 4.04. The summed E-state index contributed by atoms with van der Waals surface area (Å²) in [7, 11) is -3.05. The van der Waals surface area contributed by atoms with Crippen LogP contribution in [0.4, 0.5) is 0 Å². The number of sulfonamides is 1. The maximum absolute atomic E-state index is 12.0. The van der Waals surface area contributed by atoms with Crippen molar-refractivity contribution in [2.75, 3.05) is 24.7 Å². The van der Waals surface area contributed by atoms with E-state index in [0.717, 1.165) is 19.3 Å². The molecule has 0 radical (unpaired) electrons. The third kappa shape index (κ3) is 4.22. The third-order valence-corrected chi connectivity index (χ3v) is 5.35. The SMILES string of the molecule is CC(C)CCS(=O)(=O)N1CCCC(CCl)C1. The molecule has 1 atom stereocenters. The molecule has 0 aliphatic carbocycles. The zero-order valence-corrected chi connectivity index (χ0v) is 11.7. The number of hydrogen-bond acceptors (Lipinski definition) is 2. The molecule has 0 aromatic heterocycles. The van der Waals surface area contributed by atoms with Gasteiger partial charge in [-0.1, -0.05) is 13.8 Å². The lowest BCUT2D eigenvalue weighted by Gasteiger charge is -2.31. The smallest absolute Gasteiger partial charge is 0.212 e. The summed E-state index contributed by atoms with van der Waals surface area (Å²) in [6, 6.07) is 0. The van der Waals surface area contributed by atoms with Gasteiger partial charge in [0.1, 0.15) is 0 Å². The van der Waals surface area contributed by atoms with Gasteiger partial charge in [0.2, 0.25) is 10.0 Å². The average Bonchev–Trinajstić information content (AvgIpc) is 2.27. The highest BCUT2D eigenvalue weighted by atomic mass is 35.5. The van der Waals surface area contributed by atoms with Crippen LogP contribution in [0.5, 0.6) is 0 Å². The second-order valence-corrected chi connectivity index (χ2v) is 7.42. The molecular formula is C11H22ClNO2S. The lowest BCUT2D eigenvalue weighted by Crippen LogP contribution is -2.41. The molecule has 1 saturated heterocycles. The van der Waals surface area contributed by atoms with E-state index in [2.05, 4.69) is 0 Å². The fourth-order valence-electron chi connectivity index (χ4n) is 1.92. The van der Waals surface area contributed by atoms with Gasteiger partial charge < -0.3 is 0 Å². The average molecular weight is 268 g/mol. The molecule has 16 heavy (non-hydrogen) atoms. The fraction of sp³-hybridized carbons (Fsp3) is 1.00. The van der Waals surface area contributed by atoms with Crippen molar-refractivity contribution in [3.8, 4) is 0 Å². The van der Waals surface area contributed by atoms with Crippen LogP contribution in [0, 0.1) is 11.8 Å². The first-order valence-corrected chi connectivity index (χ1v) is 8.14. The van der Waals surface area contributed by atoms with Gasteiger partial charge in [0, 0.05) is 19.0 Å². The van der Waals surface area contributed by atoms with Crippen LogP contribution in [-0.2, 0) is 10.0 Å². The number of hydrogen-bond donors (Lipinski definition) is 0. The number of alkyl halides is 1. The molecule has 0 amide bonds. The van der Waals surface area contributed by atoms with Gasteiger partial charge >= 0.3 is 0 Å². The van der Waals surface area contributed by atoms with Crippen molar-refractivity contribution < 1.29 is 8.42 Å². The zero-order chi connectivity index (χ0) is 12.2. The van der Waals surface area contributed by atoms with Gasteiger partial charge in [-0.15, -0.1) is 11.6 Å². The Labute approximate surface area is 104 Å². The van der Waals surface area contributed by atoms with Gasteiger partial charge in [-0.3, -0.25) is 0 Å². The van der Waals surface area contributed by atoms with Gasteiger partial charge in [-0.2, -0.15) is 0 Å². The Morgan fingerprint density at radius 3 is 2.69 bits per heavy atom. The summed E-state index contributed by atoms with van der Waals surface area (Å²) in [6.45, 7) is 5.39. The summed E-state index contributed by atoms with van der Waals surface area (Å²) >= 11 is 5.80. The minimum Gasteiger partial charge on any atom is -0.212 e. The molecule has 1 heterocycles. The molecule has 0 bridgehead atoms. The summed E-state index contributed by atoms with van der Waals surface area (Å²) in [5.74, 6) is 1.61. The Kier molecular flexibility index (Phi) is 5.54. The minimum absolute atomic E-state index is 0.277. The predicted molar refractivity (Wildman–Crippen MR) is 68.3 cm³/mol. The van der Waals surface area contributed by atoms with E-state index < -0.39 is 10.0 Å². The summed E-state index contributed by atoms with van der Waals surface area (Å²) in [5.41, 5.74) is 0. The van der Waals surface area contributed by atoms with Gasteiger partial charge in [-0.05, 0) is 31.1 Å². The van der Waals surface area contributed by atoms with Crippen LogP contribution in [0.2, 0.25) is 0 Å². The second kappa shape index (κ2) is 6.22. The highest BCUT2D eigenvalue weighted by molar-refractivity contribution is 7.89. The lowest BCUT2D eigenvalue weighted by molar-refractivity contribution is 0.283. The summed E-state index contributed by atoms with van der Waals surface area (Å²) in [6.07, 6.45) is 2.74. The maximum Gasteiger partial charge on any atom is 0.214 e. The molecule has 0 N–H and O–H groups in total. The van der Waals surface area contributed by atoms with E-state index in [0.29, 0.717) is 30.8 Å². The Balaban J connectivity index is 2.54. The van der Waals surface area contributed by atoms with Crippen LogP contribution >= 0.6 is 11.6 Å². The van der Waals surface area contributed by atoms with Crippen LogP contribution in [0.1, 0.15) is 33.1 Å². The maximum atomic E-state index is 12.0. The summed E-state index contributed by atoms with van der Waals surface area (Å²) < 4.78 is 25.7. The van der Waals surface area contributed by atoms with Crippen LogP contribution in [0.25, 0.3) is 0 Å². The van der Waals surface area contributed by atoms with Crippen molar-refractivity contribution in [2.24, 2.45) is 11.8 Å². The number of rotatable bonds is 5. The summed E-state index contributed by atoms with van der Waals surface area (Å²) in [4.78, 5) is 0. The van der Waals surface area contributed by atoms with E-state index in [9.17, 15) is 8.42 Å². The molecule has 5 heteroatoms. The standard InChI is InChI=1S/C11H22ClNO2S/c1-10(2)5-7-16(14,15)13-6-3-4-11(8-12)9-13/h10-11H,3-9H2,1-2H3. The first kappa shape index (κ1) is 14.3. The van der Waals surface area contributed by atoms with Crippen LogP contribution in [0.3, 0.4) is 0 Å². The highest BCUT2D eigenvalue weighted by Gasteiger charge is 2.28. The first-order chi connectivity index (χ1) is 7.45. The summed E-state index contributed by atoms with van der Waals surface area (Å²) in [5, 5.41) is 0. The molecule has 1 aliphatic rings. The van der Waals surface area contributed by atoms with Gasteiger partial charge in [-0.25, -0.2) is 12.7 Å². The lowest BCUT2D eigenvalue weighted by atomic mass is 10.0. The van der Waals surface area contributed by atoms with Gasteiger partial charge in [0.15, 0.2) is 0 Å². The van der Waals surface area contributed by atoms with Gasteiger partial charge in [0.05, 0.1) is 5.75 Å². The van der Waals surface area contributed by atoms with Crippen molar-refractivity contribution in [3.63, 3.8) is 0 Å². The van der Waals surface area contributed by atoms with E-state index in [1.807, 2.05) is 13.8 Å². The largest absolute Gasteiger partial charge is 0.214 e. The highest BCUT2D eigenvalue weighted by Crippen LogP contribution is 2.21. The molecule has 1 aliphatic heterocycles. The van der Waals surface area contributed by atoms with Crippen molar-refractivity contribution in [2.45, 2.75) is 33.1 Å².